The third kappa shape index (κ3) is 9.59. The van der Waals surface area contributed by atoms with Gasteiger partial charge in [-0.2, -0.15) is 0 Å². The number of benzene rings is 1. The lowest BCUT2D eigenvalue weighted by atomic mass is 10.0. The lowest BCUT2D eigenvalue weighted by molar-refractivity contribution is 0.0323. The first-order valence-corrected chi connectivity index (χ1v) is 11.4. The molecule has 1 unspecified atom stereocenters. The molecule has 1 atom stereocenters. The third-order valence-electron chi connectivity index (χ3n) is 5.83. The molecule has 8 heteroatoms. The van der Waals surface area contributed by atoms with Crippen molar-refractivity contribution in [3.05, 3.63) is 35.6 Å². The highest BCUT2D eigenvalue weighted by Crippen LogP contribution is 2.14. The fraction of sp³-hybridized carbons (Fsp3) is 0.696. The largest absolute Gasteiger partial charge is 0.379 e. The second-order valence-electron chi connectivity index (χ2n) is 8.56. The van der Waals surface area contributed by atoms with Crippen molar-refractivity contribution in [3.8, 4) is 0 Å². The number of hydrogen-bond donors (Lipinski definition) is 2. The number of ether oxygens (including phenoxy) is 1. The second-order valence-corrected chi connectivity index (χ2v) is 8.56. The summed E-state index contributed by atoms with van der Waals surface area (Å²) >= 11 is 0. The molecule has 176 valence electrons. The summed E-state index contributed by atoms with van der Waals surface area (Å²) in [5.74, 6) is 1.29. The molecule has 3 rings (SSSR count). The van der Waals surface area contributed by atoms with Gasteiger partial charge in [0.05, 0.1) is 13.2 Å². The Hall–Kier alpha value is -0.970. The van der Waals surface area contributed by atoms with Crippen molar-refractivity contribution < 1.29 is 9.13 Å². The summed E-state index contributed by atoms with van der Waals surface area (Å²) in [6.45, 7) is 13.9. The Kier molecular flexibility index (Phi) is 12.1. The first kappa shape index (κ1) is 26.3. The van der Waals surface area contributed by atoms with Crippen molar-refractivity contribution in [1.82, 2.24) is 20.4 Å². The Morgan fingerprint density at radius 1 is 1.13 bits per heavy atom. The van der Waals surface area contributed by atoms with Gasteiger partial charge in [0.15, 0.2) is 5.96 Å². The molecule has 1 aromatic rings. The van der Waals surface area contributed by atoms with Crippen LogP contribution in [0.5, 0.6) is 0 Å². The number of nitrogens with one attached hydrogen (secondary N) is 2. The normalized spacial score (nSPS) is 20.2. The van der Waals surface area contributed by atoms with Gasteiger partial charge in [0.25, 0.3) is 0 Å². The van der Waals surface area contributed by atoms with Crippen LogP contribution in [-0.4, -0.2) is 80.8 Å². The zero-order valence-corrected chi connectivity index (χ0v) is 21.3. The number of nitrogens with zero attached hydrogens (tertiary/aromatic N) is 3. The molecule has 1 aromatic carbocycles. The summed E-state index contributed by atoms with van der Waals surface area (Å²) in [7, 11) is 0. The summed E-state index contributed by atoms with van der Waals surface area (Å²) in [6.07, 6.45) is 2.18. The van der Waals surface area contributed by atoms with Crippen LogP contribution < -0.4 is 10.6 Å². The zero-order valence-electron chi connectivity index (χ0n) is 19.0. The first-order valence-electron chi connectivity index (χ1n) is 11.4. The Morgan fingerprint density at radius 3 is 2.45 bits per heavy atom. The molecular formula is C23H39FIN5O. The number of morpholine rings is 1. The van der Waals surface area contributed by atoms with Gasteiger partial charge in [0.2, 0.25) is 0 Å². The molecule has 0 amide bonds. The number of rotatable bonds is 8. The van der Waals surface area contributed by atoms with Crippen LogP contribution in [-0.2, 0) is 11.3 Å². The molecule has 31 heavy (non-hydrogen) atoms. The van der Waals surface area contributed by atoms with Crippen LogP contribution in [0.3, 0.4) is 0 Å². The SMILES string of the molecule is CCNC(=NCC(C)CN1CCOCC1)NC1CCN(Cc2ccc(F)cc2)CC1.I. The maximum Gasteiger partial charge on any atom is 0.191 e. The van der Waals surface area contributed by atoms with E-state index in [-0.39, 0.29) is 29.8 Å². The van der Waals surface area contributed by atoms with Crippen molar-refractivity contribution in [2.45, 2.75) is 39.3 Å². The molecule has 6 nitrogen and oxygen atoms in total. The molecule has 0 bridgehead atoms. The van der Waals surface area contributed by atoms with E-state index in [1.54, 1.807) is 12.1 Å². The number of guanidine groups is 1. The summed E-state index contributed by atoms with van der Waals surface area (Å²) < 4.78 is 18.5. The fourth-order valence-electron chi connectivity index (χ4n) is 4.13. The summed E-state index contributed by atoms with van der Waals surface area (Å²) in [6, 6.07) is 7.30. The van der Waals surface area contributed by atoms with Gasteiger partial charge in [0.1, 0.15) is 5.82 Å². The minimum atomic E-state index is -0.170. The van der Waals surface area contributed by atoms with Crippen molar-refractivity contribution in [2.24, 2.45) is 10.9 Å². The van der Waals surface area contributed by atoms with E-state index >= 15 is 0 Å². The highest BCUT2D eigenvalue weighted by atomic mass is 127. The smallest absolute Gasteiger partial charge is 0.191 e. The predicted octanol–water partition coefficient (Wildman–Crippen LogP) is 2.93. The molecule has 2 N–H and O–H groups in total. The molecular weight excluding hydrogens is 508 g/mol. The van der Waals surface area contributed by atoms with Crippen molar-refractivity contribution in [2.75, 3.05) is 59.0 Å². The third-order valence-corrected chi connectivity index (χ3v) is 5.83. The molecule has 0 radical (unpaired) electrons. The number of piperidine rings is 1. The molecule has 0 aliphatic carbocycles. The molecule has 2 heterocycles. The standard InChI is InChI=1S/C23H38FN5O.HI/c1-3-25-23(26-16-19(2)17-29-12-14-30-15-13-29)27-22-8-10-28(11-9-22)18-20-4-6-21(24)7-5-20;/h4-7,19,22H,3,8-18H2,1-2H3,(H2,25,26,27);1H. The Balaban J connectivity index is 0.00000341. The van der Waals surface area contributed by atoms with Crippen LogP contribution in [0.25, 0.3) is 0 Å². The van der Waals surface area contributed by atoms with E-state index in [1.807, 2.05) is 12.1 Å². The van der Waals surface area contributed by atoms with Crippen molar-refractivity contribution in [3.63, 3.8) is 0 Å². The highest BCUT2D eigenvalue weighted by molar-refractivity contribution is 14.0. The number of halogens is 2. The van der Waals surface area contributed by atoms with Gasteiger partial charge in [-0.25, -0.2) is 4.39 Å². The van der Waals surface area contributed by atoms with Crippen molar-refractivity contribution >= 4 is 29.9 Å². The topological polar surface area (TPSA) is 52.1 Å². The Bertz CT molecular complexity index is 646. The van der Waals surface area contributed by atoms with Gasteiger partial charge in [-0.05, 0) is 43.4 Å². The van der Waals surface area contributed by atoms with Gasteiger partial charge in [-0.1, -0.05) is 19.1 Å². The monoisotopic (exact) mass is 547 g/mol. The van der Waals surface area contributed by atoms with Crippen LogP contribution in [0.1, 0.15) is 32.3 Å². The molecule has 0 saturated carbocycles. The van der Waals surface area contributed by atoms with E-state index in [0.29, 0.717) is 12.0 Å². The van der Waals surface area contributed by atoms with E-state index in [9.17, 15) is 4.39 Å². The lowest BCUT2D eigenvalue weighted by Crippen LogP contribution is -2.48. The maximum absolute atomic E-state index is 13.1. The molecule has 2 saturated heterocycles. The van der Waals surface area contributed by atoms with E-state index in [2.05, 4.69) is 34.3 Å². The molecule has 0 spiro atoms. The van der Waals surface area contributed by atoms with Gasteiger partial charge in [-0.3, -0.25) is 14.8 Å². The fourth-order valence-corrected chi connectivity index (χ4v) is 4.13. The second kappa shape index (κ2) is 14.2. The predicted molar refractivity (Wildman–Crippen MR) is 136 cm³/mol. The van der Waals surface area contributed by atoms with E-state index in [4.69, 9.17) is 9.73 Å². The van der Waals surface area contributed by atoms with E-state index < -0.39 is 0 Å². The van der Waals surface area contributed by atoms with Crippen LogP contribution in [0.15, 0.2) is 29.3 Å². The number of aliphatic imine (C=N–C) groups is 1. The van der Waals surface area contributed by atoms with Crippen LogP contribution in [0.4, 0.5) is 4.39 Å². The minimum Gasteiger partial charge on any atom is -0.379 e. The van der Waals surface area contributed by atoms with Crippen molar-refractivity contribution in [1.29, 1.82) is 0 Å². The number of hydrogen-bond acceptors (Lipinski definition) is 4. The molecule has 2 aliphatic rings. The first-order chi connectivity index (χ1) is 14.6. The van der Waals surface area contributed by atoms with Gasteiger partial charge >= 0.3 is 0 Å². The lowest BCUT2D eigenvalue weighted by Gasteiger charge is -2.33. The molecule has 2 aliphatic heterocycles. The van der Waals surface area contributed by atoms with Gasteiger partial charge in [-0.15, -0.1) is 24.0 Å². The van der Waals surface area contributed by atoms with Crippen LogP contribution in [0, 0.1) is 11.7 Å². The van der Waals surface area contributed by atoms with Gasteiger partial charge < -0.3 is 15.4 Å². The van der Waals surface area contributed by atoms with E-state index in [1.165, 1.54) is 5.56 Å². The minimum absolute atomic E-state index is 0. The highest BCUT2D eigenvalue weighted by Gasteiger charge is 2.20. The average molecular weight is 548 g/mol. The summed E-state index contributed by atoms with van der Waals surface area (Å²) in [4.78, 5) is 9.77. The van der Waals surface area contributed by atoms with Crippen LogP contribution in [0.2, 0.25) is 0 Å². The maximum atomic E-state index is 13.1. The summed E-state index contributed by atoms with van der Waals surface area (Å²) in [5, 5.41) is 7.04. The van der Waals surface area contributed by atoms with Crippen LogP contribution >= 0.6 is 24.0 Å². The van der Waals surface area contributed by atoms with E-state index in [0.717, 1.165) is 84.4 Å². The quantitative estimate of drug-likeness (QED) is 0.298. The Labute approximate surface area is 204 Å². The average Bonchev–Trinajstić information content (AvgIpc) is 2.76. The summed E-state index contributed by atoms with van der Waals surface area (Å²) in [5.41, 5.74) is 1.17. The Morgan fingerprint density at radius 2 is 1.81 bits per heavy atom. The number of likely N-dealkylation sites (tertiary alicyclic amines) is 1. The molecule has 2 fully saturated rings. The zero-order chi connectivity index (χ0) is 21.2. The molecule has 0 aromatic heterocycles. The van der Waals surface area contributed by atoms with Gasteiger partial charge in [0, 0.05) is 58.4 Å².